The van der Waals surface area contributed by atoms with Gasteiger partial charge in [0.15, 0.2) is 0 Å². The Bertz CT molecular complexity index is 554. The lowest BCUT2D eigenvalue weighted by Gasteiger charge is -2.16. The number of aryl methyl sites for hydroxylation is 1. The summed E-state index contributed by atoms with van der Waals surface area (Å²) in [6, 6.07) is 2.77. The van der Waals surface area contributed by atoms with Crippen LogP contribution >= 0.6 is 11.6 Å². The zero-order chi connectivity index (χ0) is 12.7. The van der Waals surface area contributed by atoms with E-state index >= 15 is 0 Å². The topological polar surface area (TPSA) is 37.4 Å². The molecule has 0 unspecified atom stereocenters. The van der Waals surface area contributed by atoms with Crippen molar-refractivity contribution in [2.24, 2.45) is 0 Å². The van der Waals surface area contributed by atoms with Gasteiger partial charge < -0.3 is 0 Å². The molecular formula is C12H9ClFNO2. The summed E-state index contributed by atoms with van der Waals surface area (Å²) in [5.41, 5.74) is 0.673. The van der Waals surface area contributed by atoms with E-state index < -0.39 is 17.5 Å². The van der Waals surface area contributed by atoms with Crippen LogP contribution in [0.25, 0.3) is 0 Å². The Hall–Kier alpha value is -1.68. The molecule has 1 aromatic rings. The molecule has 1 aliphatic heterocycles. The van der Waals surface area contributed by atoms with Crippen molar-refractivity contribution in [3.8, 4) is 0 Å². The van der Waals surface area contributed by atoms with Crippen molar-refractivity contribution >= 4 is 29.0 Å². The van der Waals surface area contributed by atoms with Crippen molar-refractivity contribution in [1.29, 1.82) is 0 Å². The predicted molar refractivity (Wildman–Crippen MR) is 62.8 cm³/mol. The number of hydrogen-bond donors (Lipinski definition) is 0. The van der Waals surface area contributed by atoms with Crippen LogP contribution in [0.4, 0.5) is 10.1 Å². The summed E-state index contributed by atoms with van der Waals surface area (Å²) in [5, 5.41) is 0.166. The van der Waals surface area contributed by atoms with Gasteiger partial charge in [0, 0.05) is 5.03 Å². The first-order valence-electron chi connectivity index (χ1n) is 4.91. The first kappa shape index (κ1) is 11.8. The van der Waals surface area contributed by atoms with Crippen LogP contribution in [0.5, 0.6) is 0 Å². The van der Waals surface area contributed by atoms with Crippen molar-refractivity contribution in [3.63, 3.8) is 0 Å². The van der Waals surface area contributed by atoms with E-state index in [-0.39, 0.29) is 22.8 Å². The van der Waals surface area contributed by atoms with Crippen LogP contribution in [0, 0.1) is 12.7 Å². The zero-order valence-electron chi connectivity index (χ0n) is 9.09. The quantitative estimate of drug-likeness (QED) is 0.759. The van der Waals surface area contributed by atoms with Gasteiger partial charge in [-0.3, -0.25) is 14.5 Å². The zero-order valence-corrected chi connectivity index (χ0v) is 9.84. The van der Waals surface area contributed by atoms with E-state index in [2.05, 4.69) is 6.58 Å². The van der Waals surface area contributed by atoms with Crippen LogP contribution < -0.4 is 4.90 Å². The van der Waals surface area contributed by atoms with Gasteiger partial charge in [-0.1, -0.05) is 18.2 Å². The average Bonchev–Trinajstić information content (AvgIpc) is 2.43. The summed E-state index contributed by atoms with van der Waals surface area (Å²) in [4.78, 5) is 24.3. The predicted octanol–water partition coefficient (Wildman–Crippen LogP) is 2.42. The van der Waals surface area contributed by atoms with E-state index in [1.165, 1.54) is 12.1 Å². The van der Waals surface area contributed by atoms with E-state index in [4.69, 9.17) is 11.6 Å². The molecule has 1 amide bonds. The Labute approximate surface area is 102 Å². The summed E-state index contributed by atoms with van der Waals surface area (Å²) in [6.45, 7) is 5.02. The molecule has 5 heteroatoms. The van der Waals surface area contributed by atoms with Crippen molar-refractivity contribution in [2.75, 3.05) is 11.4 Å². The fraction of sp³-hybridized carbons (Fsp3) is 0.167. The number of carbonyl (C=O) groups is 2. The van der Waals surface area contributed by atoms with Gasteiger partial charge in [-0.2, -0.15) is 0 Å². The normalized spacial score (nSPS) is 14.2. The minimum atomic E-state index is -0.772. The van der Waals surface area contributed by atoms with Crippen LogP contribution in [0.3, 0.4) is 0 Å². The fourth-order valence-electron chi connectivity index (χ4n) is 1.84. The first-order chi connectivity index (χ1) is 7.91. The Morgan fingerprint density at radius 2 is 2.12 bits per heavy atom. The lowest BCUT2D eigenvalue weighted by molar-refractivity contribution is -0.114. The summed E-state index contributed by atoms with van der Waals surface area (Å²) in [5.74, 6) is -2.08. The highest BCUT2D eigenvalue weighted by atomic mass is 35.5. The Morgan fingerprint density at radius 3 is 2.71 bits per heavy atom. The second kappa shape index (κ2) is 3.96. The van der Waals surface area contributed by atoms with E-state index in [0.717, 1.165) is 4.90 Å². The third-order valence-corrected chi connectivity index (χ3v) is 2.61. The molecule has 0 aromatic heterocycles. The molecule has 3 nitrogen and oxygen atoms in total. The molecule has 0 saturated carbocycles. The van der Waals surface area contributed by atoms with E-state index in [1.807, 2.05) is 0 Å². The maximum atomic E-state index is 13.8. The first-order valence-corrected chi connectivity index (χ1v) is 5.29. The fourth-order valence-corrected chi connectivity index (χ4v) is 1.96. The second-order valence-corrected chi connectivity index (χ2v) is 4.42. The highest BCUT2D eigenvalue weighted by Gasteiger charge is 2.38. The van der Waals surface area contributed by atoms with Gasteiger partial charge in [-0.15, -0.1) is 0 Å². The van der Waals surface area contributed by atoms with E-state index in [1.54, 1.807) is 6.92 Å². The SMILES string of the molecule is C=C(Cl)CN1C(=O)C(=O)c2cc(C)cc(F)c21. The molecule has 1 aromatic carbocycles. The standard InChI is InChI=1S/C12H9ClFNO2/c1-6-3-8-10(9(14)4-6)15(5-7(2)13)12(17)11(8)16/h3-4H,2,5H2,1H3. The highest BCUT2D eigenvalue weighted by molar-refractivity contribution is 6.52. The van der Waals surface area contributed by atoms with E-state index in [0.29, 0.717) is 5.56 Å². The molecule has 88 valence electrons. The Balaban J connectivity index is 2.60. The lowest BCUT2D eigenvalue weighted by atomic mass is 10.1. The van der Waals surface area contributed by atoms with Gasteiger partial charge in [-0.05, 0) is 24.6 Å². The molecule has 0 radical (unpaired) electrons. The number of amides is 1. The molecule has 0 N–H and O–H groups in total. The Morgan fingerprint density at radius 1 is 1.47 bits per heavy atom. The highest BCUT2D eigenvalue weighted by Crippen LogP contribution is 2.33. The van der Waals surface area contributed by atoms with Crippen molar-refractivity contribution in [2.45, 2.75) is 6.92 Å². The Kier molecular flexibility index (Phi) is 2.75. The number of rotatable bonds is 2. The maximum absolute atomic E-state index is 13.8. The summed E-state index contributed by atoms with van der Waals surface area (Å²) < 4.78 is 13.8. The number of fused-ring (bicyclic) bond motifs is 1. The number of hydrogen-bond acceptors (Lipinski definition) is 2. The molecule has 2 rings (SSSR count). The smallest absolute Gasteiger partial charge is 0.297 e. The van der Waals surface area contributed by atoms with Crippen LogP contribution in [0.1, 0.15) is 15.9 Å². The lowest BCUT2D eigenvalue weighted by Crippen LogP contribution is -2.31. The van der Waals surface area contributed by atoms with E-state index in [9.17, 15) is 14.0 Å². The molecule has 1 aliphatic rings. The molecule has 0 bridgehead atoms. The third-order valence-electron chi connectivity index (χ3n) is 2.49. The molecule has 0 aliphatic carbocycles. The van der Waals surface area contributed by atoms with Gasteiger partial charge in [0.05, 0.1) is 17.8 Å². The largest absolute Gasteiger partial charge is 0.299 e. The molecule has 0 spiro atoms. The van der Waals surface area contributed by atoms with Gasteiger partial charge in [0.25, 0.3) is 11.7 Å². The van der Waals surface area contributed by atoms with Gasteiger partial charge >= 0.3 is 0 Å². The number of halogens is 2. The molecule has 0 atom stereocenters. The molecular weight excluding hydrogens is 245 g/mol. The second-order valence-electron chi connectivity index (χ2n) is 3.88. The number of ketones is 1. The summed E-state index contributed by atoms with van der Waals surface area (Å²) in [7, 11) is 0. The number of benzene rings is 1. The van der Waals surface area contributed by atoms with Crippen LogP contribution in [-0.4, -0.2) is 18.2 Å². The monoisotopic (exact) mass is 253 g/mol. The molecule has 0 fully saturated rings. The van der Waals surface area contributed by atoms with Gasteiger partial charge in [0.1, 0.15) is 5.82 Å². The van der Waals surface area contributed by atoms with Crippen LogP contribution in [0.2, 0.25) is 0 Å². The maximum Gasteiger partial charge on any atom is 0.299 e. The molecule has 0 saturated heterocycles. The number of nitrogens with zero attached hydrogens (tertiary/aromatic N) is 1. The number of Topliss-reactive ketones (excluding diaryl/α,β-unsaturated/α-hetero) is 1. The third kappa shape index (κ3) is 1.85. The van der Waals surface area contributed by atoms with Gasteiger partial charge in [0.2, 0.25) is 0 Å². The van der Waals surface area contributed by atoms with Crippen molar-refractivity contribution < 1.29 is 14.0 Å². The average molecular weight is 254 g/mol. The minimum Gasteiger partial charge on any atom is -0.297 e. The van der Waals surface area contributed by atoms with Crippen molar-refractivity contribution in [3.05, 3.63) is 40.7 Å². The molecule has 1 heterocycles. The summed E-state index contributed by atoms with van der Waals surface area (Å²) >= 11 is 5.60. The van der Waals surface area contributed by atoms with Crippen molar-refractivity contribution in [1.82, 2.24) is 0 Å². The summed E-state index contributed by atoms with van der Waals surface area (Å²) in [6.07, 6.45) is 0. The minimum absolute atomic E-state index is 0.00704. The number of carbonyl (C=O) groups excluding carboxylic acids is 2. The number of anilines is 1. The van der Waals surface area contributed by atoms with Crippen LogP contribution in [-0.2, 0) is 4.79 Å². The molecule has 17 heavy (non-hydrogen) atoms. The van der Waals surface area contributed by atoms with Gasteiger partial charge in [-0.25, -0.2) is 4.39 Å². The van der Waals surface area contributed by atoms with Crippen LogP contribution in [0.15, 0.2) is 23.7 Å².